The summed E-state index contributed by atoms with van der Waals surface area (Å²) in [6.45, 7) is 3.08. The Morgan fingerprint density at radius 2 is 2.00 bits per heavy atom. The number of para-hydroxylation sites is 1. The highest BCUT2D eigenvalue weighted by molar-refractivity contribution is 5.98. The molecular formula is C20H22N2O3. The van der Waals surface area contributed by atoms with Gasteiger partial charge in [0.2, 0.25) is 5.78 Å². The summed E-state index contributed by atoms with van der Waals surface area (Å²) in [5, 5.41) is 4.24. The number of carbonyl (C=O) groups is 1. The molecule has 25 heavy (non-hydrogen) atoms. The lowest BCUT2D eigenvalue weighted by molar-refractivity contribution is 0.0962. The van der Waals surface area contributed by atoms with E-state index in [9.17, 15) is 4.79 Å². The average molecular weight is 338 g/mol. The number of furan rings is 2. The monoisotopic (exact) mass is 338 g/mol. The highest BCUT2D eigenvalue weighted by Crippen LogP contribution is 2.25. The van der Waals surface area contributed by atoms with Crippen molar-refractivity contribution in [2.45, 2.75) is 18.9 Å². The quantitative estimate of drug-likeness (QED) is 0.667. The maximum Gasteiger partial charge on any atom is 0.211 e. The van der Waals surface area contributed by atoms with Crippen LogP contribution in [0.15, 0.2) is 57.6 Å². The van der Waals surface area contributed by atoms with Gasteiger partial charge in [0.25, 0.3) is 0 Å². The second-order valence-corrected chi connectivity index (χ2v) is 6.48. The van der Waals surface area contributed by atoms with Gasteiger partial charge in [0.1, 0.15) is 11.3 Å². The molecule has 1 aromatic carbocycles. The van der Waals surface area contributed by atoms with Crippen LogP contribution in [-0.4, -0.2) is 36.9 Å². The number of ketones is 1. The zero-order chi connectivity index (χ0) is 17.1. The molecule has 0 radical (unpaired) electrons. The minimum absolute atomic E-state index is 0.0317. The molecule has 1 aliphatic rings. The van der Waals surface area contributed by atoms with E-state index in [2.05, 4.69) is 10.2 Å². The summed E-state index contributed by atoms with van der Waals surface area (Å²) in [5.74, 6) is 1.32. The first-order chi connectivity index (χ1) is 12.3. The zero-order valence-corrected chi connectivity index (χ0v) is 14.1. The van der Waals surface area contributed by atoms with E-state index in [4.69, 9.17) is 8.83 Å². The molecule has 0 saturated carbocycles. The lowest BCUT2D eigenvalue weighted by atomic mass is 10.2. The normalized spacial score (nSPS) is 16.5. The molecule has 1 aliphatic heterocycles. The van der Waals surface area contributed by atoms with Crippen molar-refractivity contribution in [1.82, 2.24) is 10.2 Å². The van der Waals surface area contributed by atoms with E-state index < -0.39 is 0 Å². The van der Waals surface area contributed by atoms with Gasteiger partial charge in [0, 0.05) is 11.9 Å². The second kappa shape index (κ2) is 7.25. The van der Waals surface area contributed by atoms with Gasteiger partial charge in [0.15, 0.2) is 5.76 Å². The van der Waals surface area contributed by atoms with Gasteiger partial charge >= 0.3 is 0 Å². The van der Waals surface area contributed by atoms with Crippen molar-refractivity contribution in [1.29, 1.82) is 0 Å². The minimum atomic E-state index is -0.0317. The summed E-state index contributed by atoms with van der Waals surface area (Å²) in [6, 6.07) is 13.6. The average Bonchev–Trinajstić information content (AvgIpc) is 3.39. The van der Waals surface area contributed by atoms with Crippen LogP contribution in [-0.2, 0) is 0 Å². The highest BCUT2D eigenvalue weighted by Gasteiger charge is 2.25. The Kier molecular flexibility index (Phi) is 4.68. The number of benzene rings is 1. The molecule has 5 heteroatoms. The summed E-state index contributed by atoms with van der Waals surface area (Å²) < 4.78 is 11.2. The number of rotatable bonds is 7. The molecular weight excluding hydrogens is 316 g/mol. The van der Waals surface area contributed by atoms with E-state index in [1.165, 1.54) is 12.8 Å². The lowest BCUT2D eigenvalue weighted by Crippen LogP contribution is -2.36. The summed E-state index contributed by atoms with van der Waals surface area (Å²) in [4.78, 5) is 14.8. The molecule has 0 amide bonds. The van der Waals surface area contributed by atoms with Crippen LogP contribution < -0.4 is 5.32 Å². The number of carbonyl (C=O) groups excluding carboxylic acids is 1. The molecule has 3 heterocycles. The van der Waals surface area contributed by atoms with Crippen LogP contribution in [0.5, 0.6) is 0 Å². The number of nitrogens with one attached hydrogen (secondary N) is 1. The number of hydrogen-bond acceptors (Lipinski definition) is 5. The summed E-state index contributed by atoms with van der Waals surface area (Å²) in [7, 11) is 0. The molecule has 1 saturated heterocycles. The van der Waals surface area contributed by atoms with E-state index in [1.54, 1.807) is 6.26 Å². The smallest absolute Gasteiger partial charge is 0.211 e. The number of likely N-dealkylation sites (tertiary alicyclic amines) is 1. The fourth-order valence-electron chi connectivity index (χ4n) is 3.47. The first-order valence-corrected chi connectivity index (χ1v) is 8.81. The summed E-state index contributed by atoms with van der Waals surface area (Å²) >= 11 is 0. The van der Waals surface area contributed by atoms with Crippen LogP contribution in [0.4, 0.5) is 0 Å². The van der Waals surface area contributed by atoms with Gasteiger partial charge in [-0.3, -0.25) is 9.69 Å². The van der Waals surface area contributed by atoms with Crippen molar-refractivity contribution >= 4 is 16.8 Å². The van der Waals surface area contributed by atoms with Crippen LogP contribution in [0.3, 0.4) is 0 Å². The van der Waals surface area contributed by atoms with Crippen molar-refractivity contribution in [2.24, 2.45) is 0 Å². The molecule has 1 unspecified atom stereocenters. The molecule has 1 fully saturated rings. The van der Waals surface area contributed by atoms with Gasteiger partial charge in [-0.25, -0.2) is 0 Å². The molecule has 130 valence electrons. The van der Waals surface area contributed by atoms with Crippen LogP contribution in [0, 0.1) is 0 Å². The molecule has 4 rings (SSSR count). The molecule has 3 aromatic rings. The zero-order valence-electron chi connectivity index (χ0n) is 14.1. The Morgan fingerprint density at radius 1 is 1.16 bits per heavy atom. The lowest BCUT2D eigenvalue weighted by Gasteiger charge is -2.25. The Bertz CT molecular complexity index is 799. The maximum absolute atomic E-state index is 12.4. The fourth-order valence-corrected chi connectivity index (χ4v) is 3.47. The molecule has 1 atom stereocenters. The predicted octanol–water partition coefficient (Wildman–Crippen LogP) is 3.64. The Labute approximate surface area is 146 Å². The Balaban J connectivity index is 1.38. The van der Waals surface area contributed by atoms with Crippen molar-refractivity contribution in [3.63, 3.8) is 0 Å². The highest BCUT2D eigenvalue weighted by atomic mass is 16.3. The van der Waals surface area contributed by atoms with Gasteiger partial charge in [-0.1, -0.05) is 18.2 Å². The van der Waals surface area contributed by atoms with E-state index in [0.29, 0.717) is 12.3 Å². The van der Waals surface area contributed by atoms with Crippen molar-refractivity contribution in [3.05, 3.63) is 60.2 Å². The third-order valence-electron chi connectivity index (χ3n) is 4.78. The van der Waals surface area contributed by atoms with Crippen LogP contribution in [0.25, 0.3) is 11.0 Å². The van der Waals surface area contributed by atoms with Gasteiger partial charge < -0.3 is 14.2 Å². The Hall–Kier alpha value is -2.37. The standard InChI is InChI=1S/C20H22N2O3/c23-17(20-12-15-6-1-2-7-18(15)25-20)14-21-13-16(19-8-5-11-24-19)22-9-3-4-10-22/h1-2,5-8,11-12,16,21H,3-4,9-10,13-14H2. The van der Waals surface area contributed by atoms with Crippen molar-refractivity contribution in [2.75, 3.05) is 26.2 Å². The number of fused-ring (bicyclic) bond motifs is 1. The van der Waals surface area contributed by atoms with E-state index in [-0.39, 0.29) is 18.4 Å². The Morgan fingerprint density at radius 3 is 2.76 bits per heavy atom. The van der Waals surface area contributed by atoms with Crippen LogP contribution >= 0.6 is 0 Å². The molecule has 0 aliphatic carbocycles. The fraction of sp³-hybridized carbons (Fsp3) is 0.350. The largest absolute Gasteiger partial charge is 0.468 e. The van der Waals surface area contributed by atoms with E-state index in [0.717, 1.165) is 29.8 Å². The number of nitrogens with zero attached hydrogens (tertiary/aromatic N) is 1. The molecule has 2 aromatic heterocycles. The van der Waals surface area contributed by atoms with Gasteiger partial charge in [-0.2, -0.15) is 0 Å². The van der Waals surface area contributed by atoms with Crippen LogP contribution in [0.1, 0.15) is 35.2 Å². The van der Waals surface area contributed by atoms with Crippen molar-refractivity contribution in [3.8, 4) is 0 Å². The second-order valence-electron chi connectivity index (χ2n) is 6.48. The molecule has 1 N–H and O–H groups in total. The van der Waals surface area contributed by atoms with E-state index >= 15 is 0 Å². The third-order valence-corrected chi connectivity index (χ3v) is 4.78. The first kappa shape index (κ1) is 16.1. The van der Waals surface area contributed by atoms with Gasteiger partial charge in [-0.05, 0) is 50.2 Å². The van der Waals surface area contributed by atoms with E-state index in [1.807, 2.05) is 42.5 Å². The topological polar surface area (TPSA) is 58.6 Å². The predicted molar refractivity (Wildman–Crippen MR) is 95.7 cm³/mol. The third kappa shape index (κ3) is 3.52. The van der Waals surface area contributed by atoms with Crippen molar-refractivity contribution < 1.29 is 13.6 Å². The number of Topliss-reactive ketones (excluding diaryl/α,β-unsaturated/α-hetero) is 1. The summed E-state index contributed by atoms with van der Waals surface area (Å²) in [6.07, 6.45) is 4.14. The summed E-state index contributed by atoms with van der Waals surface area (Å²) in [5.41, 5.74) is 0.747. The van der Waals surface area contributed by atoms with Gasteiger partial charge in [-0.15, -0.1) is 0 Å². The molecule has 0 spiro atoms. The van der Waals surface area contributed by atoms with Gasteiger partial charge in [0.05, 0.1) is 18.8 Å². The molecule has 5 nitrogen and oxygen atoms in total. The number of hydrogen-bond donors (Lipinski definition) is 1. The SMILES string of the molecule is O=C(CNCC(c1ccco1)N1CCCC1)c1cc2ccccc2o1. The molecule has 0 bridgehead atoms. The maximum atomic E-state index is 12.4. The van der Waals surface area contributed by atoms with Crippen LogP contribution in [0.2, 0.25) is 0 Å². The minimum Gasteiger partial charge on any atom is -0.468 e. The first-order valence-electron chi connectivity index (χ1n) is 8.81.